The van der Waals surface area contributed by atoms with Crippen molar-refractivity contribution in [2.45, 2.75) is 40.2 Å². The summed E-state index contributed by atoms with van der Waals surface area (Å²) in [6.45, 7) is 7.87. The maximum absolute atomic E-state index is 13.9. The van der Waals surface area contributed by atoms with Gasteiger partial charge in [-0.05, 0) is 67.3 Å². The van der Waals surface area contributed by atoms with Crippen LogP contribution in [0.3, 0.4) is 0 Å². The Labute approximate surface area is 222 Å². The predicted molar refractivity (Wildman–Crippen MR) is 149 cm³/mol. The first-order valence-corrected chi connectivity index (χ1v) is 12.8. The molecule has 0 fully saturated rings. The number of hydrogen-bond donors (Lipinski definition) is 1. The molecule has 5 nitrogen and oxygen atoms in total. The molecule has 4 rings (SSSR count). The fraction of sp³-hybridized carbons (Fsp3) is 0.276. The zero-order chi connectivity index (χ0) is 26.0. The SMILES string of the molecule is CC[C@H](C)[C@H]1N=C(c2ccccc2Cl)c2cc(Cl)ccc2N(CC(=O)Nc2ccc(C)c(C)c2)C1=O. The maximum atomic E-state index is 13.9. The number of fused-ring (bicyclic) bond motifs is 1. The Morgan fingerprint density at radius 2 is 1.78 bits per heavy atom. The van der Waals surface area contributed by atoms with Gasteiger partial charge in [0.05, 0.1) is 11.4 Å². The number of halogens is 2. The Morgan fingerprint density at radius 3 is 2.47 bits per heavy atom. The van der Waals surface area contributed by atoms with E-state index in [1.165, 1.54) is 4.90 Å². The quantitative estimate of drug-likeness (QED) is 0.385. The number of anilines is 2. The molecule has 1 aliphatic rings. The molecule has 0 unspecified atom stereocenters. The Morgan fingerprint density at radius 1 is 1.03 bits per heavy atom. The fourth-order valence-electron chi connectivity index (χ4n) is 4.26. The molecule has 36 heavy (non-hydrogen) atoms. The average molecular weight is 522 g/mol. The van der Waals surface area contributed by atoms with Gasteiger partial charge in [0.15, 0.2) is 0 Å². The van der Waals surface area contributed by atoms with Crippen LogP contribution in [0.15, 0.2) is 65.7 Å². The van der Waals surface area contributed by atoms with E-state index in [-0.39, 0.29) is 24.3 Å². The molecular formula is C29H29Cl2N3O2. The smallest absolute Gasteiger partial charge is 0.252 e. The topological polar surface area (TPSA) is 61.8 Å². The maximum Gasteiger partial charge on any atom is 0.252 e. The van der Waals surface area contributed by atoms with E-state index < -0.39 is 6.04 Å². The third-order valence-corrected chi connectivity index (χ3v) is 7.26. The first-order chi connectivity index (χ1) is 17.2. The van der Waals surface area contributed by atoms with Crippen molar-refractivity contribution in [2.75, 3.05) is 16.8 Å². The van der Waals surface area contributed by atoms with Gasteiger partial charge in [-0.2, -0.15) is 0 Å². The highest BCUT2D eigenvalue weighted by atomic mass is 35.5. The van der Waals surface area contributed by atoms with Gasteiger partial charge in [-0.1, -0.05) is 67.7 Å². The second kappa shape index (κ2) is 10.9. The van der Waals surface area contributed by atoms with E-state index in [9.17, 15) is 9.59 Å². The van der Waals surface area contributed by atoms with E-state index >= 15 is 0 Å². The third kappa shape index (κ3) is 5.32. The summed E-state index contributed by atoms with van der Waals surface area (Å²) in [4.78, 5) is 33.6. The van der Waals surface area contributed by atoms with Gasteiger partial charge in [0.2, 0.25) is 5.91 Å². The molecule has 7 heteroatoms. The van der Waals surface area contributed by atoms with Crippen LogP contribution in [0.5, 0.6) is 0 Å². The number of nitrogens with one attached hydrogen (secondary N) is 1. The molecule has 0 saturated carbocycles. The Hall–Kier alpha value is -3.15. The molecule has 2 atom stereocenters. The molecule has 0 bridgehead atoms. The van der Waals surface area contributed by atoms with Gasteiger partial charge in [-0.15, -0.1) is 0 Å². The van der Waals surface area contributed by atoms with E-state index in [1.807, 2.05) is 64.1 Å². The number of nitrogens with zero attached hydrogens (tertiary/aromatic N) is 2. The first kappa shape index (κ1) is 25.9. The fourth-order valence-corrected chi connectivity index (χ4v) is 4.66. The first-order valence-electron chi connectivity index (χ1n) is 12.0. The second-order valence-corrected chi connectivity index (χ2v) is 10.1. The van der Waals surface area contributed by atoms with E-state index in [0.717, 1.165) is 17.5 Å². The van der Waals surface area contributed by atoms with Crippen molar-refractivity contribution in [2.24, 2.45) is 10.9 Å². The minimum absolute atomic E-state index is 0.0509. The molecule has 1 N–H and O–H groups in total. The molecule has 0 saturated heterocycles. The van der Waals surface area contributed by atoms with Gasteiger partial charge in [0.1, 0.15) is 12.6 Å². The van der Waals surface area contributed by atoms with Gasteiger partial charge in [0, 0.05) is 26.9 Å². The van der Waals surface area contributed by atoms with Crippen molar-refractivity contribution in [1.82, 2.24) is 0 Å². The number of aliphatic imine (C=N–C) groups is 1. The molecule has 2 amide bonds. The predicted octanol–water partition coefficient (Wildman–Crippen LogP) is 6.85. The average Bonchev–Trinajstić information content (AvgIpc) is 2.96. The molecule has 186 valence electrons. The summed E-state index contributed by atoms with van der Waals surface area (Å²) in [6, 6.07) is 17.7. The molecule has 3 aromatic carbocycles. The summed E-state index contributed by atoms with van der Waals surface area (Å²) < 4.78 is 0. The van der Waals surface area contributed by atoms with Crippen molar-refractivity contribution >= 4 is 52.1 Å². The Balaban J connectivity index is 1.79. The highest BCUT2D eigenvalue weighted by molar-refractivity contribution is 6.37. The minimum atomic E-state index is -0.679. The number of carbonyl (C=O) groups excluding carboxylic acids is 2. The van der Waals surface area contributed by atoms with Gasteiger partial charge >= 0.3 is 0 Å². The standard InChI is InChI=1S/C29H29Cl2N3O2/c1-5-17(2)27-29(36)34(16-26(35)32-21-12-10-18(3)19(4)14-21)25-13-11-20(30)15-23(25)28(33-27)22-8-6-7-9-24(22)31/h6-15,17,27H,5,16H2,1-4H3,(H,32,35)/t17-,27+/m0/s1. The van der Waals surface area contributed by atoms with E-state index in [1.54, 1.807) is 24.3 Å². The Kier molecular flexibility index (Phi) is 7.82. The molecule has 0 aromatic heterocycles. The normalized spacial score (nSPS) is 16.2. The number of rotatable bonds is 6. The van der Waals surface area contributed by atoms with Crippen LogP contribution in [-0.2, 0) is 9.59 Å². The number of benzodiazepines with no additional fused rings is 1. The van der Waals surface area contributed by atoms with E-state index in [4.69, 9.17) is 28.2 Å². The molecule has 1 heterocycles. The van der Waals surface area contributed by atoms with E-state index in [2.05, 4.69) is 5.32 Å². The summed E-state index contributed by atoms with van der Waals surface area (Å²) in [6.07, 6.45) is 0.746. The van der Waals surface area contributed by atoms with Crippen molar-refractivity contribution in [1.29, 1.82) is 0 Å². The van der Waals surface area contributed by atoms with Crippen LogP contribution in [0.4, 0.5) is 11.4 Å². The molecule has 0 aliphatic carbocycles. The number of benzene rings is 3. The molecule has 1 aliphatic heterocycles. The van der Waals surface area contributed by atoms with Gasteiger partial charge in [0.25, 0.3) is 5.91 Å². The number of hydrogen-bond acceptors (Lipinski definition) is 3. The lowest BCUT2D eigenvalue weighted by molar-refractivity contribution is -0.123. The van der Waals surface area contributed by atoms with E-state index in [0.29, 0.717) is 38.3 Å². The summed E-state index contributed by atoms with van der Waals surface area (Å²) in [5.74, 6) is -0.577. The zero-order valence-electron chi connectivity index (χ0n) is 20.8. The van der Waals surface area contributed by atoms with Gasteiger partial charge in [-0.25, -0.2) is 0 Å². The summed E-state index contributed by atoms with van der Waals surface area (Å²) in [5.41, 5.74) is 5.44. The minimum Gasteiger partial charge on any atom is -0.325 e. The van der Waals surface area contributed by atoms with Gasteiger partial charge < -0.3 is 10.2 Å². The highest BCUT2D eigenvalue weighted by Crippen LogP contribution is 2.34. The van der Waals surface area contributed by atoms with Crippen LogP contribution >= 0.6 is 23.2 Å². The largest absolute Gasteiger partial charge is 0.325 e. The lowest BCUT2D eigenvalue weighted by atomic mass is 9.97. The third-order valence-electron chi connectivity index (χ3n) is 6.70. The highest BCUT2D eigenvalue weighted by Gasteiger charge is 2.36. The lowest BCUT2D eigenvalue weighted by Crippen LogP contribution is -2.44. The monoisotopic (exact) mass is 521 g/mol. The molecule has 3 aromatic rings. The lowest BCUT2D eigenvalue weighted by Gasteiger charge is -2.26. The zero-order valence-corrected chi connectivity index (χ0v) is 22.3. The van der Waals surface area contributed by atoms with Crippen LogP contribution in [-0.4, -0.2) is 30.1 Å². The van der Waals surface area contributed by atoms with Crippen LogP contribution < -0.4 is 10.2 Å². The van der Waals surface area contributed by atoms with Crippen LogP contribution in [0.1, 0.15) is 42.5 Å². The van der Waals surface area contributed by atoms with Crippen molar-refractivity contribution < 1.29 is 9.59 Å². The second-order valence-electron chi connectivity index (χ2n) is 9.22. The number of aryl methyl sites for hydroxylation is 2. The molecule has 0 spiro atoms. The number of carbonyl (C=O) groups is 2. The summed E-state index contributed by atoms with van der Waals surface area (Å²) in [7, 11) is 0. The number of amides is 2. The molecular weight excluding hydrogens is 493 g/mol. The van der Waals surface area contributed by atoms with Crippen molar-refractivity contribution in [3.8, 4) is 0 Å². The van der Waals surface area contributed by atoms with Crippen LogP contribution in [0.25, 0.3) is 0 Å². The summed E-state index contributed by atoms with van der Waals surface area (Å²) in [5, 5.41) is 3.96. The van der Waals surface area contributed by atoms with Crippen LogP contribution in [0, 0.1) is 19.8 Å². The Bertz CT molecular complexity index is 1350. The summed E-state index contributed by atoms with van der Waals surface area (Å²) >= 11 is 13.0. The van der Waals surface area contributed by atoms with Gasteiger partial charge in [-0.3, -0.25) is 14.6 Å². The molecule has 0 radical (unpaired) electrons. The van der Waals surface area contributed by atoms with Crippen LogP contribution in [0.2, 0.25) is 10.0 Å². The van der Waals surface area contributed by atoms with Crippen molar-refractivity contribution in [3.05, 3.63) is 93.0 Å². The van der Waals surface area contributed by atoms with Crippen molar-refractivity contribution in [3.63, 3.8) is 0 Å².